The average molecular weight is 444 g/mol. The van der Waals surface area contributed by atoms with Gasteiger partial charge >= 0.3 is 0 Å². The topological polar surface area (TPSA) is 67.9 Å². The summed E-state index contributed by atoms with van der Waals surface area (Å²) in [6.07, 6.45) is 5.16. The molecule has 4 fully saturated rings. The molecule has 4 unspecified atom stereocenters. The van der Waals surface area contributed by atoms with Crippen LogP contribution in [0.5, 0.6) is 0 Å². The Morgan fingerprint density at radius 3 is 2.75 bits per heavy atom. The molecule has 0 aromatic heterocycles. The molecular weight excluding hydrogens is 409 g/mol. The Balaban J connectivity index is 1.32. The van der Waals surface area contributed by atoms with Gasteiger partial charge in [-0.25, -0.2) is 9.40 Å². The number of hydrogen-bond donors (Lipinski definition) is 2. The predicted molar refractivity (Wildman–Crippen MR) is 119 cm³/mol. The molecular formula is C24H34FN5O2. The van der Waals surface area contributed by atoms with Gasteiger partial charge in [-0.3, -0.25) is 15.0 Å². The Morgan fingerprint density at radius 1 is 1.16 bits per heavy atom. The molecule has 1 aliphatic carbocycles. The van der Waals surface area contributed by atoms with Crippen LogP contribution in [0.2, 0.25) is 0 Å². The summed E-state index contributed by atoms with van der Waals surface area (Å²) < 4.78 is 13.8. The smallest absolute Gasteiger partial charge is 0.242 e. The van der Waals surface area contributed by atoms with Crippen molar-refractivity contribution in [1.82, 2.24) is 25.6 Å². The molecule has 5 rings (SSSR count). The third kappa shape index (κ3) is 4.28. The summed E-state index contributed by atoms with van der Waals surface area (Å²) in [5.41, 5.74) is 4.22. The summed E-state index contributed by atoms with van der Waals surface area (Å²) in [7, 11) is 2.12. The Labute approximate surface area is 189 Å². The molecule has 1 aromatic rings. The quantitative estimate of drug-likeness (QED) is 0.738. The number of piperazine rings is 1. The van der Waals surface area contributed by atoms with E-state index >= 15 is 0 Å². The maximum Gasteiger partial charge on any atom is 0.242 e. The predicted octanol–water partition coefficient (Wildman–Crippen LogP) is 1.49. The number of hydrogen-bond acceptors (Lipinski definition) is 5. The Kier molecular flexibility index (Phi) is 6.18. The molecule has 1 aromatic carbocycles. The SMILES string of the molecule is CN1CCC(NC(=O)C2CCC3C(C2)N(Cc2cccc(F)c2)C(=O)C2CCNN23)CC1. The molecule has 2 N–H and O–H groups in total. The largest absolute Gasteiger partial charge is 0.353 e. The lowest BCUT2D eigenvalue weighted by atomic mass is 9.78. The van der Waals surface area contributed by atoms with E-state index in [4.69, 9.17) is 0 Å². The minimum absolute atomic E-state index is 0.0467. The molecule has 4 atom stereocenters. The molecule has 174 valence electrons. The van der Waals surface area contributed by atoms with E-state index in [1.54, 1.807) is 6.07 Å². The minimum atomic E-state index is -0.285. The van der Waals surface area contributed by atoms with Crippen molar-refractivity contribution in [2.24, 2.45) is 5.92 Å². The van der Waals surface area contributed by atoms with E-state index in [-0.39, 0.29) is 47.7 Å². The number of rotatable bonds is 4. The van der Waals surface area contributed by atoms with Crippen LogP contribution in [0.3, 0.4) is 0 Å². The number of nitrogens with zero attached hydrogens (tertiary/aromatic N) is 3. The van der Waals surface area contributed by atoms with E-state index in [1.165, 1.54) is 12.1 Å². The van der Waals surface area contributed by atoms with Crippen molar-refractivity contribution in [3.8, 4) is 0 Å². The van der Waals surface area contributed by atoms with E-state index in [0.29, 0.717) is 13.0 Å². The lowest BCUT2D eigenvalue weighted by Crippen LogP contribution is -2.68. The summed E-state index contributed by atoms with van der Waals surface area (Å²) >= 11 is 0. The highest BCUT2D eigenvalue weighted by Gasteiger charge is 2.51. The third-order valence-electron chi connectivity index (χ3n) is 7.83. The molecule has 0 spiro atoms. The minimum Gasteiger partial charge on any atom is -0.353 e. The Morgan fingerprint density at radius 2 is 1.97 bits per heavy atom. The first-order chi connectivity index (χ1) is 15.5. The van der Waals surface area contributed by atoms with Crippen molar-refractivity contribution in [3.63, 3.8) is 0 Å². The van der Waals surface area contributed by atoms with E-state index in [0.717, 1.165) is 57.3 Å². The van der Waals surface area contributed by atoms with Crippen LogP contribution in [0.15, 0.2) is 24.3 Å². The number of carbonyl (C=O) groups excluding carboxylic acids is 2. The zero-order chi connectivity index (χ0) is 22.2. The van der Waals surface area contributed by atoms with E-state index < -0.39 is 0 Å². The second kappa shape index (κ2) is 9.08. The third-order valence-corrected chi connectivity index (χ3v) is 7.83. The summed E-state index contributed by atoms with van der Waals surface area (Å²) in [4.78, 5) is 30.8. The van der Waals surface area contributed by atoms with Crippen LogP contribution in [0.25, 0.3) is 0 Å². The fourth-order valence-corrected chi connectivity index (χ4v) is 6.05. The molecule has 0 bridgehead atoms. The lowest BCUT2D eigenvalue weighted by Gasteiger charge is -2.52. The summed E-state index contributed by atoms with van der Waals surface area (Å²) in [6.45, 7) is 3.22. The van der Waals surface area contributed by atoms with Gasteiger partial charge < -0.3 is 15.1 Å². The van der Waals surface area contributed by atoms with Crippen LogP contribution in [0.1, 0.15) is 44.1 Å². The fraction of sp³-hybridized carbons (Fsp3) is 0.667. The highest BCUT2D eigenvalue weighted by molar-refractivity contribution is 5.84. The molecule has 4 aliphatic rings. The molecule has 3 heterocycles. The molecule has 1 saturated carbocycles. The molecule has 3 aliphatic heterocycles. The van der Waals surface area contributed by atoms with Crippen LogP contribution in [-0.4, -0.2) is 77.5 Å². The number of likely N-dealkylation sites (tertiary alicyclic amines) is 1. The highest BCUT2D eigenvalue weighted by atomic mass is 19.1. The van der Waals surface area contributed by atoms with Crippen molar-refractivity contribution in [1.29, 1.82) is 0 Å². The first-order valence-electron chi connectivity index (χ1n) is 12.1. The van der Waals surface area contributed by atoms with Gasteiger partial charge in [0.15, 0.2) is 0 Å². The van der Waals surface area contributed by atoms with Gasteiger partial charge in [0.2, 0.25) is 11.8 Å². The van der Waals surface area contributed by atoms with Crippen LogP contribution in [0, 0.1) is 11.7 Å². The lowest BCUT2D eigenvalue weighted by molar-refractivity contribution is -0.157. The van der Waals surface area contributed by atoms with Gasteiger partial charge in [-0.2, -0.15) is 0 Å². The van der Waals surface area contributed by atoms with Crippen molar-refractivity contribution >= 4 is 11.8 Å². The van der Waals surface area contributed by atoms with Gasteiger partial charge in [-0.15, -0.1) is 0 Å². The van der Waals surface area contributed by atoms with E-state index in [1.807, 2.05) is 11.0 Å². The van der Waals surface area contributed by atoms with E-state index in [2.05, 4.69) is 27.7 Å². The van der Waals surface area contributed by atoms with Crippen LogP contribution >= 0.6 is 0 Å². The number of fused-ring (bicyclic) bond motifs is 3. The standard InChI is InChI=1S/C24H34FN5O2/c1-28-11-8-19(9-12-28)27-23(31)17-5-6-20-22(14-17)29(15-16-3-2-4-18(25)13-16)24(32)21-7-10-26-30(20)21/h2-4,13,17,19-22,26H,5-12,14-15H2,1H3,(H,27,31). The number of piperidine rings is 1. The van der Waals surface area contributed by atoms with Gasteiger partial charge in [0.25, 0.3) is 0 Å². The molecule has 7 nitrogen and oxygen atoms in total. The first kappa shape index (κ1) is 21.8. The fourth-order valence-electron chi connectivity index (χ4n) is 6.05. The zero-order valence-corrected chi connectivity index (χ0v) is 18.8. The first-order valence-corrected chi connectivity index (χ1v) is 12.1. The second-order valence-corrected chi connectivity index (χ2v) is 9.95. The van der Waals surface area contributed by atoms with Crippen LogP contribution < -0.4 is 10.7 Å². The van der Waals surface area contributed by atoms with Crippen LogP contribution in [0.4, 0.5) is 4.39 Å². The van der Waals surface area contributed by atoms with Crippen molar-refractivity contribution in [2.75, 3.05) is 26.7 Å². The van der Waals surface area contributed by atoms with Gasteiger partial charge in [0.1, 0.15) is 11.9 Å². The molecule has 32 heavy (non-hydrogen) atoms. The summed E-state index contributed by atoms with van der Waals surface area (Å²) in [5, 5.41) is 5.44. The molecule has 3 saturated heterocycles. The normalized spacial score (nSPS) is 31.9. The average Bonchev–Trinajstić information content (AvgIpc) is 3.28. The highest BCUT2D eigenvalue weighted by Crippen LogP contribution is 2.38. The monoisotopic (exact) mass is 443 g/mol. The van der Waals surface area contributed by atoms with Crippen molar-refractivity contribution in [3.05, 3.63) is 35.6 Å². The summed E-state index contributed by atoms with van der Waals surface area (Å²) in [6, 6.07) is 6.74. The Hall–Kier alpha value is -2.03. The van der Waals surface area contributed by atoms with E-state index in [9.17, 15) is 14.0 Å². The Bertz CT molecular complexity index is 859. The number of nitrogens with one attached hydrogen (secondary N) is 2. The van der Waals surface area contributed by atoms with Crippen molar-refractivity contribution in [2.45, 2.75) is 69.2 Å². The van der Waals surface area contributed by atoms with Crippen LogP contribution in [-0.2, 0) is 16.1 Å². The van der Waals surface area contributed by atoms with Gasteiger partial charge in [0.05, 0.1) is 0 Å². The van der Waals surface area contributed by atoms with Gasteiger partial charge in [-0.1, -0.05) is 12.1 Å². The molecule has 0 radical (unpaired) electrons. The van der Waals surface area contributed by atoms with Gasteiger partial charge in [0, 0.05) is 37.1 Å². The summed E-state index contributed by atoms with van der Waals surface area (Å²) in [5.74, 6) is -0.144. The maximum absolute atomic E-state index is 13.8. The zero-order valence-electron chi connectivity index (χ0n) is 18.8. The number of hydrazine groups is 1. The van der Waals surface area contributed by atoms with Gasteiger partial charge in [-0.05, 0) is 76.4 Å². The second-order valence-electron chi connectivity index (χ2n) is 9.95. The maximum atomic E-state index is 13.8. The molecule has 2 amide bonds. The molecule has 8 heteroatoms. The number of amides is 2. The number of benzene rings is 1. The van der Waals surface area contributed by atoms with Crippen molar-refractivity contribution < 1.29 is 14.0 Å². The number of halogens is 1. The number of carbonyl (C=O) groups is 2.